The highest BCUT2D eigenvalue weighted by molar-refractivity contribution is 7.89. The molecule has 1 aliphatic heterocycles. The van der Waals surface area contributed by atoms with E-state index in [9.17, 15) is 17.6 Å². The molecule has 3 rings (SSSR count). The number of rotatable bonds is 5. The van der Waals surface area contributed by atoms with Crippen molar-refractivity contribution in [2.24, 2.45) is 0 Å². The molecule has 1 aliphatic rings. The molecule has 0 aliphatic carbocycles. The molecule has 0 saturated carbocycles. The van der Waals surface area contributed by atoms with Gasteiger partial charge in [-0.1, -0.05) is 12.1 Å². The number of hydrogen-bond donors (Lipinski definition) is 0. The number of halogens is 1. The van der Waals surface area contributed by atoms with Gasteiger partial charge in [0.05, 0.1) is 4.90 Å². The minimum Gasteiger partial charge on any atom is -0.312 e. The van der Waals surface area contributed by atoms with E-state index in [0.717, 1.165) is 6.42 Å². The minimum absolute atomic E-state index is 0.0545. The molecule has 0 bridgehead atoms. The first-order valence-corrected chi connectivity index (χ1v) is 9.43. The Morgan fingerprint density at radius 3 is 2.48 bits per heavy atom. The summed E-state index contributed by atoms with van der Waals surface area (Å²) in [5.41, 5.74) is 1.28. The SMILES string of the molecule is CN(Cc1cccc(F)c1)S(=O)(=O)c1ccc(N2CCCC2=O)cc1. The average molecular weight is 362 g/mol. The van der Waals surface area contributed by atoms with Gasteiger partial charge in [-0.05, 0) is 48.4 Å². The van der Waals surface area contributed by atoms with Crippen LogP contribution in [0, 0.1) is 5.82 Å². The number of hydrogen-bond acceptors (Lipinski definition) is 3. The number of carbonyl (C=O) groups excluding carboxylic acids is 1. The molecule has 1 saturated heterocycles. The third-order valence-electron chi connectivity index (χ3n) is 4.22. The number of sulfonamides is 1. The van der Waals surface area contributed by atoms with Crippen LogP contribution in [0.15, 0.2) is 53.4 Å². The third-order valence-corrected chi connectivity index (χ3v) is 6.04. The molecule has 25 heavy (non-hydrogen) atoms. The topological polar surface area (TPSA) is 57.7 Å². The Balaban J connectivity index is 1.78. The van der Waals surface area contributed by atoms with Gasteiger partial charge in [-0.25, -0.2) is 12.8 Å². The Hall–Kier alpha value is -2.25. The van der Waals surface area contributed by atoms with Crippen molar-refractivity contribution < 1.29 is 17.6 Å². The first kappa shape index (κ1) is 17.6. The Morgan fingerprint density at radius 2 is 1.88 bits per heavy atom. The van der Waals surface area contributed by atoms with E-state index in [1.165, 1.54) is 35.6 Å². The van der Waals surface area contributed by atoms with Crippen LogP contribution in [0.25, 0.3) is 0 Å². The van der Waals surface area contributed by atoms with Crippen LogP contribution < -0.4 is 4.90 Å². The number of anilines is 1. The van der Waals surface area contributed by atoms with E-state index < -0.39 is 15.8 Å². The zero-order valence-electron chi connectivity index (χ0n) is 13.9. The summed E-state index contributed by atoms with van der Waals surface area (Å²) < 4.78 is 39.8. The van der Waals surface area contributed by atoms with Crippen LogP contribution >= 0.6 is 0 Å². The van der Waals surface area contributed by atoms with Gasteiger partial charge in [0.2, 0.25) is 15.9 Å². The van der Waals surface area contributed by atoms with Crippen molar-refractivity contribution in [3.63, 3.8) is 0 Å². The molecule has 7 heteroatoms. The van der Waals surface area contributed by atoms with E-state index >= 15 is 0 Å². The maximum atomic E-state index is 13.3. The maximum Gasteiger partial charge on any atom is 0.243 e. The van der Waals surface area contributed by atoms with Crippen molar-refractivity contribution in [2.45, 2.75) is 24.3 Å². The molecule has 5 nitrogen and oxygen atoms in total. The molecule has 2 aromatic rings. The van der Waals surface area contributed by atoms with Gasteiger partial charge < -0.3 is 4.90 Å². The lowest BCUT2D eigenvalue weighted by Gasteiger charge is -2.19. The monoisotopic (exact) mass is 362 g/mol. The first-order chi connectivity index (χ1) is 11.9. The Bertz CT molecular complexity index is 881. The predicted octanol–water partition coefficient (Wildman–Crippen LogP) is 2.77. The summed E-state index contributed by atoms with van der Waals surface area (Å²) >= 11 is 0. The van der Waals surface area contributed by atoms with E-state index in [0.29, 0.717) is 24.2 Å². The van der Waals surface area contributed by atoms with Crippen molar-refractivity contribution in [1.82, 2.24) is 4.31 Å². The summed E-state index contributed by atoms with van der Waals surface area (Å²) in [5, 5.41) is 0. The van der Waals surface area contributed by atoms with Crippen molar-refractivity contribution >= 4 is 21.6 Å². The summed E-state index contributed by atoms with van der Waals surface area (Å²) in [7, 11) is -2.24. The summed E-state index contributed by atoms with van der Waals surface area (Å²) in [6.45, 7) is 0.733. The van der Waals surface area contributed by atoms with Crippen LogP contribution in [0.3, 0.4) is 0 Å². The smallest absolute Gasteiger partial charge is 0.243 e. The van der Waals surface area contributed by atoms with Crippen molar-refractivity contribution in [3.8, 4) is 0 Å². The summed E-state index contributed by atoms with van der Waals surface area (Å²) in [5.74, 6) is -0.346. The Kier molecular flexibility index (Phi) is 4.87. The average Bonchev–Trinajstić information content (AvgIpc) is 3.01. The second-order valence-electron chi connectivity index (χ2n) is 6.03. The molecule has 0 aromatic heterocycles. The van der Waals surface area contributed by atoms with E-state index in [2.05, 4.69) is 0 Å². The fourth-order valence-corrected chi connectivity index (χ4v) is 4.04. The largest absolute Gasteiger partial charge is 0.312 e. The normalized spacial score (nSPS) is 15.2. The highest BCUT2D eigenvalue weighted by atomic mass is 32.2. The van der Waals surface area contributed by atoms with Gasteiger partial charge in [-0.2, -0.15) is 4.31 Å². The molecule has 0 spiro atoms. The van der Waals surface area contributed by atoms with Crippen LogP contribution in [0.1, 0.15) is 18.4 Å². The van der Waals surface area contributed by atoms with Gasteiger partial charge >= 0.3 is 0 Å². The van der Waals surface area contributed by atoms with Crippen molar-refractivity contribution in [2.75, 3.05) is 18.5 Å². The van der Waals surface area contributed by atoms with Crippen LogP contribution in [-0.4, -0.2) is 32.2 Å². The summed E-state index contributed by atoms with van der Waals surface area (Å²) in [4.78, 5) is 13.6. The molecule has 0 radical (unpaired) electrons. The number of nitrogens with zero attached hydrogens (tertiary/aromatic N) is 2. The molecule has 0 N–H and O–H groups in total. The fourth-order valence-electron chi connectivity index (χ4n) is 2.88. The second-order valence-corrected chi connectivity index (χ2v) is 8.08. The number of carbonyl (C=O) groups is 1. The lowest BCUT2D eigenvalue weighted by molar-refractivity contribution is -0.117. The van der Waals surface area contributed by atoms with E-state index in [4.69, 9.17) is 0 Å². The zero-order valence-corrected chi connectivity index (χ0v) is 14.7. The Morgan fingerprint density at radius 1 is 1.16 bits per heavy atom. The fraction of sp³-hybridized carbons (Fsp3) is 0.278. The second kappa shape index (κ2) is 6.93. The van der Waals surface area contributed by atoms with E-state index in [-0.39, 0.29) is 17.3 Å². The molecule has 1 fully saturated rings. The first-order valence-electron chi connectivity index (χ1n) is 7.99. The molecule has 0 atom stereocenters. The van der Waals surface area contributed by atoms with Crippen LogP contribution in [0.5, 0.6) is 0 Å². The lowest BCUT2D eigenvalue weighted by Crippen LogP contribution is -2.27. The maximum absolute atomic E-state index is 13.3. The van der Waals surface area contributed by atoms with Crippen molar-refractivity contribution in [3.05, 3.63) is 59.9 Å². The van der Waals surface area contributed by atoms with Gasteiger partial charge in [-0.15, -0.1) is 0 Å². The summed E-state index contributed by atoms with van der Waals surface area (Å²) in [6, 6.07) is 12.1. The highest BCUT2D eigenvalue weighted by Crippen LogP contribution is 2.24. The number of benzene rings is 2. The predicted molar refractivity (Wildman–Crippen MR) is 93.1 cm³/mol. The van der Waals surface area contributed by atoms with Gasteiger partial charge in [0.25, 0.3) is 0 Å². The van der Waals surface area contributed by atoms with Crippen molar-refractivity contribution in [1.29, 1.82) is 0 Å². The molecular formula is C18H19FN2O3S. The highest BCUT2D eigenvalue weighted by Gasteiger charge is 2.24. The summed E-state index contributed by atoms with van der Waals surface area (Å²) in [6.07, 6.45) is 1.34. The number of amides is 1. The molecule has 1 amide bonds. The minimum atomic E-state index is -3.70. The zero-order chi connectivity index (χ0) is 18.0. The molecule has 1 heterocycles. The third kappa shape index (κ3) is 3.72. The van der Waals surface area contributed by atoms with E-state index in [1.54, 1.807) is 29.2 Å². The molecule has 132 valence electrons. The van der Waals surface area contributed by atoms with Gasteiger partial charge in [0, 0.05) is 32.2 Å². The lowest BCUT2D eigenvalue weighted by atomic mass is 10.2. The van der Waals surface area contributed by atoms with Gasteiger partial charge in [-0.3, -0.25) is 4.79 Å². The molecule has 0 unspecified atom stereocenters. The molecule has 2 aromatic carbocycles. The Labute approximate surface area is 146 Å². The van der Waals surface area contributed by atoms with Gasteiger partial charge in [0.15, 0.2) is 0 Å². The van der Waals surface area contributed by atoms with Gasteiger partial charge in [0.1, 0.15) is 5.82 Å². The van der Waals surface area contributed by atoms with E-state index in [1.807, 2.05) is 0 Å². The molecular weight excluding hydrogens is 343 g/mol. The van der Waals surface area contributed by atoms with Crippen LogP contribution in [0.2, 0.25) is 0 Å². The standard InChI is InChI=1S/C18H19FN2O3S/c1-20(13-14-4-2-5-15(19)12-14)25(23,24)17-9-7-16(8-10-17)21-11-3-6-18(21)22/h2,4-5,7-10,12H,3,6,11,13H2,1H3. The van der Waals surface area contributed by atoms with Crippen LogP contribution in [0.4, 0.5) is 10.1 Å². The van der Waals surface area contributed by atoms with Crippen LogP contribution in [-0.2, 0) is 21.4 Å². The quantitative estimate of drug-likeness (QED) is 0.822.